The minimum Gasteiger partial charge on any atom is -0.375 e. The lowest BCUT2D eigenvalue weighted by atomic mass is 10.1. The third-order valence-corrected chi connectivity index (χ3v) is 4.64. The first-order valence-electron chi connectivity index (χ1n) is 9.47. The molecule has 2 amide bonds. The summed E-state index contributed by atoms with van der Waals surface area (Å²) in [6, 6.07) is 9.90. The molecule has 0 saturated carbocycles. The number of hydrogen-bond acceptors (Lipinski definition) is 4. The van der Waals surface area contributed by atoms with Crippen LogP contribution in [0.15, 0.2) is 42.5 Å². The van der Waals surface area contributed by atoms with E-state index in [0.717, 1.165) is 12.1 Å². The predicted octanol–water partition coefficient (Wildman–Crippen LogP) is 3.53. The smallest absolute Gasteiger partial charge is 0.250 e. The van der Waals surface area contributed by atoms with Gasteiger partial charge in [-0.1, -0.05) is 0 Å². The summed E-state index contributed by atoms with van der Waals surface area (Å²) in [6.07, 6.45) is 0.0345. The van der Waals surface area contributed by atoms with Crippen molar-refractivity contribution < 1.29 is 23.1 Å². The summed E-state index contributed by atoms with van der Waals surface area (Å²) in [6.45, 7) is 3.40. The molecule has 0 bridgehead atoms. The third kappa shape index (κ3) is 5.32. The number of nitrogens with one attached hydrogen (secondary N) is 2. The minimum absolute atomic E-state index is 0.0345. The van der Waals surface area contributed by atoms with E-state index in [2.05, 4.69) is 15.7 Å². The zero-order valence-electron chi connectivity index (χ0n) is 17.3. The Hall–Kier alpha value is -3.59. The number of carbonyl (C=O) groups excluding carboxylic acids is 2. The SMILES string of the molecule is COCC(=O)Nc1ccc(NC(=O)Cc2c(C)nn(-c3ccc(F)cc3F)c2C)cc1. The van der Waals surface area contributed by atoms with E-state index in [-0.39, 0.29) is 30.5 Å². The molecule has 0 aliphatic heterocycles. The van der Waals surface area contributed by atoms with E-state index < -0.39 is 11.6 Å². The molecular formula is C22H22F2N4O3. The summed E-state index contributed by atoms with van der Waals surface area (Å²) in [5, 5.41) is 9.75. The van der Waals surface area contributed by atoms with Crippen LogP contribution in [0.5, 0.6) is 0 Å². The summed E-state index contributed by atoms with van der Waals surface area (Å²) in [4.78, 5) is 24.1. The fourth-order valence-electron chi connectivity index (χ4n) is 3.15. The molecule has 1 aromatic heterocycles. The lowest BCUT2D eigenvalue weighted by Gasteiger charge is -2.09. The van der Waals surface area contributed by atoms with Crippen molar-refractivity contribution in [1.29, 1.82) is 0 Å². The van der Waals surface area contributed by atoms with Gasteiger partial charge in [0.15, 0.2) is 5.82 Å². The Kier molecular flexibility index (Phi) is 6.76. The molecule has 9 heteroatoms. The number of ether oxygens (including phenoxy) is 1. The zero-order valence-corrected chi connectivity index (χ0v) is 17.3. The maximum atomic E-state index is 14.1. The van der Waals surface area contributed by atoms with E-state index in [0.29, 0.717) is 28.3 Å². The van der Waals surface area contributed by atoms with Crippen LogP contribution >= 0.6 is 0 Å². The molecule has 3 rings (SSSR count). The van der Waals surface area contributed by atoms with Gasteiger partial charge in [0, 0.05) is 35.8 Å². The Balaban J connectivity index is 1.70. The highest BCUT2D eigenvalue weighted by Crippen LogP contribution is 2.22. The number of methoxy groups -OCH3 is 1. The van der Waals surface area contributed by atoms with E-state index in [9.17, 15) is 18.4 Å². The average Bonchev–Trinajstić information content (AvgIpc) is 2.98. The lowest BCUT2D eigenvalue weighted by Crippen LogP contribution is -2.17. The van der Waals surface area contributed by atoms with Crippen molar-refractivity contribution >= 4 is 23.2 Å². The van der Waals surface area contributed by atoms with Crippen molar-refractivity contribution in [3.63, 3.8) is 0 Å². The largest absolute Gasteiger partial charge is 0.375 e. The van der Waals surface area contributed by atoms with Crippen LogP contribution in [-0.2, 0) is 20.7 Å². The molecule has 162 valence electrons. The van der Waals surface area contributed by atoms with Crippen LogP contribution in [-0.4, -0.2) is 35.3 Å². The van der Waals surface area contributed by atoms with Crippen LogP contribution in [0.2, 0.25) is 0 Å². The lowest BCUT2D eigenvalue weighted by molar-refractivity contribution is -0.119. The molecule has 0 atom stereocenters. The van der Waals surface area contributed by atoms with Crippen LogP contribution in [0.1, 0.15) is 17.0 Å². The molecular weight excluding hydrogens is 406 g/mol. The first-order valence-corrected chi connectivity index (χ1v) is 9.47. The molecule has 0 spiro atoms. The standard InChI is InChI=1S/C22H22F2N4O3/c1-13-18(14(2)28(27-13)20-9-4-15(23)10-19(20)24)11-21(29)25-16-5-7-17(8-6-16)26-22(30)12-31-3/h4-10H,11-12H2,1-3H3,(H,25,29)(H,26,30). The second-order valence-electron chi connectivity index (χ2n) is 6.94. The second-order valence-corrected chi connectivity index (χ2v) is 6.94. The number of hydrogen-bond donors (Lipinski definition) is 2. The quantitative estimate of drug-likeness (QED) is 0.603. The molecule has 0 radical (unpaired) electrons. The van der Waals surface area contributed by atoms with Gasteiger partial charge >= 0.3 is 0 Å². The number of benzene rings is 2. The number of carbonyl (C=O) groups is 2. The first kappa shape index (κ1) is 22.1. The van der Waals surface area contributed by atoms with E-state index in [1.165, 1.54) is 17.9 Å². The third-order valence-electron chi connectivity index (χ3n) is 4.64. The van der Waals surface area contributed by atoms with Crippen molar-refractivity contribution in [1.82, 2.24) is 9.78 Å². The average molecular weight is 428 g/mol. The Morgan fingerprint density at radius 2 is 1.61 bits per heavy atom. The molecule has 3 aromatic rings. The highest BCUT2D eigenvalue weighted by Gasteiger charge is 2.18. The van der Waals surface area contributed by atoms with Crippen molar-refractivity contribution in [2.24, 2.45) is 0 Å². The first-order chi connectivity index (χ1) is 14.8. The highest BCUT2D eigenvalue weighted by atomic mass is 19.1. The van der Waals surface area contributed by atoms with Crippen LogP contribution in [0.4, 0.5) is 20.2 Å². The molecule has 0 fully saturated rings. The van der Waals surface area contributed by atoms with Gasteiger partial charge in [0.1, 0.15) is 18.1 Å². The number of amides is 2. The normalized spacial score (nSPS) is 10.7. The molecule has 31 heavy (non-hydrogen) atoms. The Labute approximate surface area is 178 Å². The summed E-state index contributed by atoms with van der Waals surface area (Å²) in [5.74, 6) is -1.97. The minimum atomic E-state index is -0.737. The molecule has 1 heterocycles. The van der Waals surface area contributed by atoms with Gasteiger partial charge in [-0.2, -0.15) is 5.10 Å². The predicted molar refractivity (Wildman–Crippen MR) is 112 cm³/mol. The molecule has 7 nitrogen and oxygen atoms in total. The molecule has 0 aliphatic carbocycles. The number of nitrogens with zero attached hydrogens (tertiary/aromatic N) is 2. The number of aromatic nitrogens is 2. The van der Waals surface area contributed by atoms with Gasteiger partial charge in [0.2, 0.25) is 11.8 Å². The molecule has 2 N–H and O–H groups in total. The molecule has 0 unspecified atom stereocenters. The van der Waals surface area contributed by atoms with E-state index in [1.807, 2.05) is 0 Å². The fraction of sp³-hybridized carbons (Fsp3) is 0.227. The summed E-state index contributed by atoms with van der Waals surface area (Å²) in [5.41, 5.74) is 3.07. The van der Waals surface area contributed by atoms with Gasteiger partial charge in [-0.15, -0.1) is 0 Å². The maximum absolute atomic E-state index is 14.1. The fourth-order valence-corrected chi connectivity index (χ4v) is 3.15. The number of aryl methyl sites for hydroxylation is 1. The zero-order chi connectivity index (χ0) is 22.5. The van der Waals surface area contributed by atoms with Crippen molar-refractivity contribution in [3.05, 3.63) is 71.1 Å². The van der Waals surface area contributed by atoms with Crippen molar-refractivity contribution in [3.8, 4) is 5.69 Å². The van der Waals surface area contributed by atoms with Gasteiger partial charge in [0.05, 0.1) is 12.1 Å². The van der Waals surface area contributed by atoms with Crippen LogP contribution in [0, 0.1) is 25.5 Å². The van der Waals surface area contributed by atoms with E-state index in [4.69, 9.17) is 4.74 Å². The van der Waals surface area contributed by atoms with E-state index >= 15 is 0 Å². The molecule has 2 aromatic carbocycles. The summed E-state index contributed by atoms with van der Waals surface area (Å²) in [7, 11) is 1.43. The number of anilines is 2. The van der Waals surface area contributed by atoms with Gasteiger partial charge in [-0.25, -0.2) is 13.5 Å². The van der Waals surface area contributed by atoms with Crippen LogP contribution < -0.4 is 10.6 Å². The molecule has 0 saturated heterocycles. The van der Waals surface area contributed by atoms with Crippen molar-refractivity contribution in [2.75, 3.05) is 24.4 Å². The number of rotatable bonds is 7. The Morgan fingerprint density at radius 1 is 1.00 bits per heavy atom. The summed E-state index contributed by atoms with van der Waals surface area (Å²) < 4.78 is 33.5. The van der Waals surface area contributed by atoms with Crippen LogP contribution in [0.25, 0.3) is 5.69 Å². The topological polar surface area (TPSA) is 85.2 Å². The van der Waals surface area contributed by atoms with Gasteiger partial charge in [-0.3, -0.25) is 9.59 Å². The Morgan fingerprint density at radius 3 is 2.19 bits per heavy atom. The second kappa shape index (κ2) is 9.48. The van der Waals surface area contributed by atoms with Crippen LogP contribution in [0.3, 0.4) is 0 Å². The van der Waals surface area contributed by atoms with Gasteiger partial charge in [-0.05, 0) is 50.2 Å². The van der Waals surface area contributed by atoms with E-state index in [1.54, 1.807) is 38.1 Å². The Bertz CT molecular complexity index is 1110. The summed E-state index contributed by atoms with van der Waals surface area (Å²) >= 11 is 0. The maximum Gasteiger partial charge on any atom is 0.250 e. The number of halogens is 2. The monoisotopic (exact) mass is 428 g/mol. The van der Waals surface area contributed by atoms with Gasteiger partial charge in [0.25, 0.3) is 0 Å². The van der Waals surface area contributed by atoms with Crippen molar-refractivity contribution in [2.45, 2.75) is 20.3 Å². The van der Waals surface area contributed by atoms with Gasteiger partial charge < -0.3 is 15.4 Å². The highest BCUT2D eigenvalue weighted by molar-refractivity contribution is 5.94. The molecule has 0 aliphatic rings.